The van der Waals surface area contributed by atoms with Crippen LogP contribution in [-0.4, -0.2) is 19.1 Å². The summed E-state index contributed by atoms with van der Waals surface area (Å²) >= 11 is 0. The zero-order valence-electron chi connectivity index (χ0n) is 11.8. The summed E-state index contributed by atoms with van der Waals surface area (Å²) in [7, 11) is 1.35. The number of benzene rings is 2. The Balaban J connectivity index is 2.12. The van der Waals surface area contributed by atoms with Crippen LogP contribution in [0, 0.1) is 6.92 Å². The maximum absolute atomic E-state index is 11.3. The Labute approximate surface area is 119 Å². The number of rotatable bonds is 4. The summed E-state index contributed by atoms with van der Waals surface area (Å²) in [4.78, 5) is 11.3. The standard InChI is InChI=1S/C17H19NO2/c1-12-4-3-5-15(10-12)14-8-6-13(7-9-14)11-16(18)17(19)20-2/h3-10,16H,11,18H2,1-2H3. The molecule has 1 atom stereocenters. The number of hydrogen-bond acceptors (Lipinski definition) is 3. The van der Waals surface area contributed by atoms with Gasteiger partial charge < -0.3 is 10.5 Å². The minimum absolute atomic E-state index is 0.382. The van der Waals surface area contributed by atoms with E-state index in [0.717, 1.165) is 11.1 Å². The average molecular weight is 269 g/mol. The van der Waals surface area contributed by atoms with Crippen LogP contribution < -0.4 is 5.73 Å². The molecule has 0 aliphatic rings. The molecule has 0 spiro atoms. The lowest BCUT2D eigenvalue weighted by molar-refractivity contribution is -0.142. The van der Waals surface area contributed by atoms with Crippen LogP contribution in [-0.2, 0) is 16.0 Å². The summed E-state index contributed by atoms with van der Waals surface area (Å²) < 4.78 is 4.63. The highest BCUT2D eigenvalue weighted by molar-refractivity contribution is 5.75. The van der Waals surface area contributed by atoms with Crippen molar-refractivity contribution in [3.8, 4) is 11.1 Å². The molecule has 0 saturated heterocycles. The van der Waals surface area contributed by atoms with Gasteiger partial charge in [0.1, 0.15) is 6.04 Å². The topological polar surface area (TPSA) is 52.3 Å². The van der Waals surface area contributed by atoms with Gasteiger partial charge in [0, 0.05) is 0 Å². The van der Waals surface area contributed by atoms with E-state index in [1.165, 1.54) is 18.2 Å². The molecule has 0 amide bonds. The molecule has 2 aromatic carbocycles. The summed E-state index contributed by atoms with van der Waals surface area (Å²) in [5, 5.41) is 0. The molecule has 104 valence electrons. The molecule has 3 nitrogen and oxygen atoms in total. The fourth-order valence-electron chi connectivity index (χ4n) is 2.15. The van der Waals surface area contributed by atoms with E-state index in [1.54, 1.807) is 0 Å². The smallest absolute Gasteiger partial charge is 0.322 e. The molecule has 2 rings (SSSR count). The van der Waals surface area contributed by atoms with E-state index >= 15 is 0 Å². The van der Waals surface area contributed by atoms with E-state index in [-0.39, 0.29) is 5.97 Å². The van der Waals surface area contributed by atoms with Crippen LogP contribution in [0.3, 0.4) is 0 Å². The zero-order valence-corrected chi connectivity index (χ0v) is 11.8. The number of hydrogen-bond donors (Lipinski definition) is 1. The highest BCUT2D eigenvalue weighted by Crippen LogP contribution is 2.21. The summed E-state index contributed by atoms with van der Waals surface area (Å²) in [5.41, 5.74) is 10.4. The Hall–Kier alpha value is -2.13. The Morgan fingerprint density at radius 3 is 2.45 bits per heavy atom. The fraction of sp³-hybridized carbons (Fsp3) is 0.235. The van der Waals surface area contributed by atoms with Crippen LogP contribution in [0.15, 0.2) is 48.5 Å². The lowest BCUT2D eigenvalue weighted by atomic mass is 10.00. The van der Waals surface area contributed by atoms with Gasteiger partial charge in [-0.05, 0) is 30.0 Å². The quantitative estimate of drug-likeness (QED) is 0.868. The molecule has 0 bridgehead atoms. The van der Waals surface area contributed by atoms with E-state index in [1.807, 2.05) is 30.3 Å². The van der Waals surface area contributed by atoms with Gasteiger partial charge in [0.05, 0.1) is 7.11 Å². The second-order valence-electron chi connectivity index (χ2n) is 4.90. The third-order valence-electron chi connectivity index (χ3n) is 3.26. The Morgan fingerprint density at radius 2 is 1.85 bits per heavy atom. The van der Waals surface area contributed by atoms with E-state index in [2.05, 4.69) is 29.9 Å². The van der Waals surface area contributed by atoms with Gasteiger partial charge in [0.2, 0.25) is 0 Å². The predicted molar refractivity (Wildman–Crippen MR) is 80.3 cm³/mol. The molecular weight excluding hydrogens is 250 g/mol. The Kier molecular flexibility index (Phi) is 4.53. The first-order valence-electron chi connectivity index (χ1n) is 6.59. The zero-order chi connectivity index (χ0) is 14.5. The first kappa shape index (κ1) is 14.3. The number of carbonyl (C=O) groups is 1. The van der Waals surface area contributed by atoms with Crippen molar-refractivity contribution in [3.05, 3.63) is 59.7 Å². The van der Waals surface area contributed by atoms with Crippen LogP contribution in [0.4, 0.5) is 0 Å². The fourth-order valence-corrected chi connectivity index (χ4v) is 2.15. The van der Waals surface area contributed by atoms with Crippen molar-refractivity contribution < 1.29 is 9.53 Å². The first-order chi connectivity index (χ1) is 9.60. The average Bonchev–Trinajstić information content (AvgIpc) is 2.47. The van der Waals surface area contributed by atoms with Gasteiger partial charge in [-0.15, -0.1) is 0 Å². The highest BCUT2D eigenvalue weighted by atomic mass is 16.5. The maximum atomic E-state index is 11.3. The van der Waals surface area contributed by atoms with Crippen molar-refractivity contribution in [2.45, 2.75) is 19.4 Å². The minimum atomic E-state index is -0.607. The molecule has 0 heterocycles. The van der Waals surface area contributed by atoms with Crippen molar-refractivity contribution in [3.63, 3.8) is 0 Å². The van der Waals surface area contributed by atoms with E-state index in [4.69, 9.17) is 5.73 Å². The Morgan fingerprint density at radius 1 is 1.15 bits per heavy atom. The molecule has 0 aliphatic heterocycles. The molecule has 1 unspecified atom stereocenters. The highest BCUT2D eigenvalue weighted by Gasteiger charge is 2.13. The number of esters is 1. The third-order valence-corrected chi connectivity index (χ3v) is 3.26. The molecule has 0 saturated carbocycles. The maximum Gasteiger partial charge on any atom is 0.322 e. The number of methoxy groups -OCH3 is 1. The van der Waals surface area contributed by atoms with E-state index in [9.17, 15) is 4.79 Å². The second kappa shape index (κ2) is 6.35. The van der Waals surface area contributed by atoms with Crippen molar-refractivity contribution >= 4 is 5.97 Å². The van der Waals surface area contributed by atoms with E-state index in [0.29, 0.717) is 6.42 Å². The second-order valence-corrected chi connectivity index (χ2v) is 4.90. The number of nitrogens with two attached hydrogens (primary N) is 1. The van der Waals surface area contributed by atoms with Crippen LogP contribution in [0.5, 0.6) is 0 Å². The summed E-state index contributed by atoms with van der Waals surface area (Å²) in [6.07, 6.45) is 0.487. The van der Waals surface area contributed by atoms with Gasteiger partial charge in [-0.2, -0.15) is 0 Å². The van der Waals surface area contributed by atoms with Gasteiger partial charge in [0.25, 0.3) is 0 Å². The molecule has 20 heavy (non-hydrogen) atoms. The van der Waals surface area contributed by atoms with Gasteiger partial charge in [-0.3, -0.25) is 4.79 Å². The number of carbonyl (C=O) groups excluding carboxylic acids is 1. The third kappa shape index (κ3) is 3.45. The molecule has 0 fully saturated rings. The monoisotopic (exact) mass is 269 g/mol. The molecule has 0 aliphatic carbocycles. The van der Waals surface area contributed by atoms with Gasteiger partial charge >= 0.3 is 5.97 Å². The lowest BCUT2D eigenvalue weighted by Gasteiger charge is -2.10. The predicted octanol–water partition coefficient (Wildman–Crippen LogP) is 2.70. The summed E-state index contributed by atoms with van der Waals surface area (Å²) in [5.74, 6) is -0.382. The van der Waals surface area contributed by atoms with Gasteiger partial charge in [-0.25, -0.2) is 0 Å². The van der Waals surface area contributed by atoms with Crippen LogP contribution in [0.25, 0.3) is 11.1 Å². The number of ether oxygens (including phenoxy) is 1. The SMILES string of the molecule is COC(=O)C(N)Cc1ccc(-c2cccc(C)c2)cc1. The lowest BCUT2D eigenvalue weighted by Crippen LogP contribution is -2.33. The minimum Gasteiger partial charge on any atom is -0.468 e. The normalized spacial score (nSPS) is 11.9. The van der Waals surface area contributed by atoms with Crippen LogP contribution >= 0.6 is 0 Å². The van der Waals surface area contributed by atoms with E-state index < -0.39 is 6.04 Å². The van der Waals surface area contributed by atoms with Crippen LogP contribution in [0.1, 0.15) is 11.1 Å². The number of aryl methyl sites for hydroxylation is 1. The van der Waals surface area contributed by atoms with Crippen molar-refractivity contribution in [1.29, 1.82) is 0 Å². The van der Waals surface area contributed by atoms with Crippen molar-refractivity contribution in [2.75, 3.05) is 7.11 Å². The molecule has 2 aromatic rings. The molecule has 0 aromatic heterocycles. The molecule has 2 N–H and O–H groups in total. The van der Waals surface area contributed by atoms with Crippen molar-refractivity contribution in [1.82, 2.24) is 0 Å². The first-order valence-corrected chi connectivity index (χ1v) is 6.59. The summed E-state index contributed by atoms with van der Waals surface area (Å²) in [6, 6.07) is 15.9. The van der Waals surface area contributed by atoms with Crippen molar-refractivity contribution in [2.24, 2.45) is 5.73 Å². The molecule has 3 heteroatoms. The largest absolute Gasteiger partial charge is 0.468 e. The van der Waals surface area contributed by atoms with Gasteiger partial charge in [0.15, 0.2) is 0 Å². The molecule has 0 radical (unpaired) electrons. The Bertz CT molecular complexity index is 590. The van der Waals surface area contributed by atoms with Gasteiger partial charge in [-0.1, -0.05) is 54.1 Å². The molecular formula is C17H19NO2. The summed E-state index contributed by atoms with van der Waals surface area (Å²) in [6.45, 7) is 2.08. The van der Waals surface area contributed by atoms with Crippen LogP contribution in [0.2, 0.25) is 0 Å².